The third kappa shape index (κ3) is 12.3. The minimum absolute atomic E-state index is 0.0641. The van der Waals surface area contributed by atoms with Crippen LogP contribution in [0.5, 0.6) is 5.75 Å². The van der Waals surface area contributed by atoms with Crippen molar-refractivity contribution < 1.29 is 78.8 Å². The van der Waals surface area contributed by atoms with Crippen molar-refractivity contribution >= 4 is 41.1 Å². The molecule has 3 fully saturated rings. The van der Waals surface area contributed by atoms with Crippen LogP contribution < -0.4 is 32.7 Å². The Hall–Kier alpha value is -4.76. The lowest BCUT2D eigenvalue weighted by Crippen LogP contribution is -2.64. The quantitative estimate of drug-likeness (QED) is 0.0622. The molecule has 0 aromatic heterocycles. The van der Waals surface area contributed by atoms with E-state index in [-0.39, 0.29) is 30.2 Å². The van der Waals surface area contributed by atoms with Gasteiger partial charge in [0.25, 0.3) is 0 Å². The molecule has 3 aliphatic heterocycles. The molecular weight excluding hydrogens is 834 g/mol. The van der Waals surface area contributed by atoms with Crippen LogP contribution in [0.1, 0.15) is 45.3 Å². The van der Waals surface area contributed by atoms with Gasteiger partial charge >= 0.3 is 0 Å². The van der Waals surface area contributed by atoms with E-state index in [4.69, 9.17) is 16.2 Å². The number of likely N-dealkylation sites (N-methyl/N-ethyl adjacent to an activating group) is 1. The van der Waals surface area contributed by atoms with E-state index in [2.05, 4.69) is 21.3 Å². The summed E-state index contributed by atoms with van der Waals surface area (Å²) < 4.78 is 6.26. The molecule has 0 aliphatic carbocycles. The maximum Gasteiger partial charge on any atom is 0.248 e. The molecular formula is C39H64N9O15+. The molecule has 0 bridgehead atoms. The van der Waals surface area contributed by atoms with Gasteiger partial charge in [-0.05, 0) is 31.5 Å². The van der Waals surface area contributed by atoms with Crippen LogP contribution in [0.15, 0.2) is 18.2 Å². The second-order valence-electron chi connectivity index (χ2n) is 17.7. The molecule has 24 nitrogen and oxygen atoms in total. The molecule has 3 saturated heterocycles. The number of nitrogens with two attached hydrogens (primary N) is 2. The summed E-state index contributed by atoms with van der Waals surface area (Å²) >= 11 is 0. The molecule has 0 radical (unpaired) electrons. The number of nitrogens with one attached hydrogen (secondary N) is 4. The molecule has 1 unspecified atom stereocenters. The summed E-state index contributed by atoms with van der Waals surface area (Å²) in [5, 5.41) is 97.0. The Morgan fingerprint density at radius 3 is 1.94 bits per heavy atom. The normalized spacial score (nSPS) is 32.9. The number of quaternary nitrogens is 1. The van der Waals surface area contributed by atoms with Crippen LogP contribution in [-0.2, 0) is 33.5 Å². The number of ether oxygens (including phenoxy) is 1. The van der Waals surface area contributed by atoms with Crippen molar-refractivity contribution in [1.29, 1.82) is 0 Å². The summed E-state index contributed by atoms with van der Waals surface area (Å²) in [5.74, 6) is -8.03. The first-order valence-corrected chi connectivity index (χ1v) is 20.6. The van der Waals surface area contributed by atoms with Gasteiger partial charge in [0.15, 0.2) is 6.23 Å². The number of aliphatic hydroxyl groups excluding tert-OH is 7. The standard InChI is InChI=1S/C39H63N9O15/c1-16-14-47-29(30(16)54)36(60)45-37(63-10-9-48(4,5)6)25(53)13-22(41)33(57)42-26(17(2)49)38(61)46-15-20(51)12-23(46)34(58)44-28(35(59)43-27(18(3)50)39(47)62)32(56)31(55)19-7-8-24(52)21(40)11-19/h7-8,11,16-18,20,22-23,25-32,37,49-51,53-56H,9-10,12-15,40-41H2,1-6H3,(H4-,42,43,44,45,52,57,58,59,60)/p+1/t16-,17+,18+,20+,22?,23-,25+,26-,27-,28-,29-,30-,31-,32-,37+/m0/s1. The Morgan fingerprint density at radius 2 is 1.37 bits per heavy atom. The Morgan fingerprint density at radius 1 is 0.794 bits per heavy atom. The number of hydrogen-bond acceptors (Lipinski definition) is 17. The number of carbonyl (C=O) groups excluding carboxylic acids is 6. The minimum atomic E-state index is -2.29. The van der Waals surface area contributed by atoms with Gasteiger partial charge < -0.3 is 92.6 Å². The first kappa shape index (κ1) is 50.9. The third-order valence-electron chi connectivity index (χ3n) is 11.4. The molecule has 4 rings (SSSR count). The number of amides is 6. The largest absolute Gasteiger partial charge is 0.506 e. The molecule has 1 aromatic rings. The number of benzene rings is 1. The number of rotatable bonds is 9. The van der Waals surface area contributed by atoms with Crippen LogP contribution >= 0.6 is 0 Å². The highest BCUT2D eigenvalue weighted by atomic mass is 16.5. The van der Waals surface area contributed by atoms with Gasteiger partial charge in [-0.25, -0.2) is 0 Å². The second kappa shape index (κ2) is 20.8. The van der Waals surface area contributed by atoms with Crippen molar-refractivity contribution in [3.05, 3.63) is 23.8 Å². The highest BCUT2D eigenvalue weighted by molar-refractivity contribution is 5.98. The van der Waals surface area contributed by atoms with E-state index >= 15 is 0 Å². The average molecular weight is 899 g/mol. The average Bonchev–Trinajstić information content (AvgIpc) is 3.74. The lowest BCUT2D eigenvalue weighted by Gasteiger charge is -2.34. The zero-order valence-electron chi connectivity index (χ0n) is 36.1. The Kier molecular flexibility index (Phi) is 16.8. The highest BCUT2D eigenvalue weighted by Crippen LogP contribution is 2.29. The van der Waals surface area contributed by atoms with Gasteiger partial charge in [-0.1, -0.05) is 13.0 Å². The monoisotopic (exact) mass is 898 g/mol. The second-order valence-corrected chi connectivity index (χ2v) is 17.7. The van der Waals surface area contributed by atoms with E-state index in [0.29, 0.717) is 11.0 Å². The van der Waals surface area contributed by atoms with Crippen LogP contribution in [0.3, 0.4) is 0 Å². The predicted molar refractivity (Wildman–Crippen MR) is 219 cm³/mol. The summed E-state index contributed by atoms with van der Waals surface area (Å²) in [7, 11) is 5.54. The van der Waals surface area contributed by atoms with E-state index in [9.17, 15) is 69.6 Å². The number of phenols is 1. The number of aromatic hydroxyl groups is 1. The molecule has 0 saturated carbocycles. The fraction of sp³-hybridized carbons (Fsp3) is 0.692. The van der Waals surface area contributed by atoms with Gasteiger partial charge in [-0.15, -0.1) is 0 Å². The first-order chi connectivity index (χ1) is 29.2. The van der Waals surface area contributed by atoms with Gasteiger partial charge in [0.2, 0.25) is 35.4 Å². The number of hydrogen-bond donors (Lipinski definition) is 14. The van der Waals surface area contributed by atoms with Gasteiger partial charge in [-0.3, -0.25) is 28.8 Å². The number of fused-ring (bicyclic) bond motifs is 2. The zero-order chi connectivity index (χ0) is 47.4. The van der Waals surface area contributed by atoms with Crippen molar-refractivity contribution in [1.82, 2.24) is 31.1 Å². The van der Waals surface area contributed by atoms with Crippen molar-refractivity contribution in [3.63, 3.8) is 0 Å². The number of anilines is 1. The summed E-state index contributed by atoms with van der Waals surface area (Å²) in [6.07, 6.45) is -15.0. The fourth-order valence-corrected chi connectivity index (χ4v) is 7.61. The number of aliphatic hydroxyl groups is 7. The van der Waals surface area contributed by atoms with Crippen molar-refractivity contribution in [2.45, 2.75) is 119 Å². The molecule has 1 aromatic carbocycles. The Balaban J connectivity index is 1.83. The van der Waals surface area contributed by atoms with Gasteiger partial charge in [0, 0.05) is 31.8 Å². The summed E-state index contributed by atoms with van der Waals surface area (Å²) in [4.78, 5) is 86.0. The lowest BCUT2D eigenvalue weighted by molar-refractivity contribution is -0.870. The predicted octanol–water partition coefficient (Wildman–Crippen LogP) is -6.99. The van der Waals surface area contributed by atoms with Crippen molar-refractivity contribution in [2.24, 2.45) is 11.7 Å². The zero-order valence-corrected chi connectivity index (χ0v) is 36.1. The first-order valence-electron chi connectivity index (χ1n) is 20.6. The molecule has 354 valence electrons. The molecule has 3 aliphatic rings. The number of nitrogen functional groups attached to an aromatic ring is 1. The molecule has 16 N–H and O–H groups in total. The third-order valence-corrected chi connectivity index (χ3v) is 11.4. The maximum absolute atomic E-state index is 14.3. The topological polar surface area (TPSA) is 380 Å². The van der Waals surface area contributed by atoms with E-state index in [0.717, 1.165) is 41.8 Å². The van der Waals surface area contributed by atoms with Crippen molar-refractivity contribution in [2.75, 3.05) is 53.1 Å². The molecule has 24 heteroatoms. The Bertz CT molecular complexity index is 1830. The van der Waals surface area contributed by atoms with Gasteiger partial charge in [0.1, 0.15) is 60.8 Å². The fourth-order valence-electron chi connectivity index (χ4n) is 7.61. The highest BCUT2D eigenvalue weighted by Gasteiger charge is 2.50. The van der Waals surface area contributed by atoms with Crippen LogP contribution in [0.4, 0.5) is 5.69 Å². The summed E-state index contributed by atoms with van der Waals surface area (Å²) in [5.41, 5.74) is 11.6. The molecule has 3 heterocycles. The van der Waals surface area contributed by atoms with E-state index in [1.165, 1.54) is 6.92 Å². The number of nitrogens with zero attached hydrogens (tertiary/aromatic N) is 3. The lowest BCUT2D eigenvalue weighted by atomic mass is 9.96. The van der Waals surface area contributed by atoms with E-state index in [1.54, 1.807) is 0 Å². The molecule has 63 heavy (non-hydrogen) atoms. The maximum atomic E-state index is 14.3. The van der Waals surface area contributed by atoms with E-state index < -0.39 is 146 Å². The van der Waals surface area contributed by atoms with Gasteiger partial charge in [-0.2, -0.15) is 0 Å². The molecule has 15 atom stereocenters. The summed E-state index contributed by atoms with van der Waals surface area (Å²) in [6, 6.07) is -7.62. The SMILES string of the molecule is C[C@@H](O)[C@@H]1NC(=O)[C@H]([C@H](O)[C@@H](O)c2ccc(O)c(N)c2)NC(=O)[C@@H]2C[C@@H](O)CN2C(=O)[C@H]([C@@H](C)O)NC(=O)C(N)C[C@@H](O)[C@@H](OCC[N+](C)(C)C)NC(=O)[C@@H]2[C@@H](O)[C@@H](C)CN2C1=O. The Labute approximate surface area is 363 Å². The summed E-state index contributed by atoms with van der Waals surface area (Å²) in [6.45, 7) is 3.27. The minimum Gasteiger partial charge on any atom is -0.506 e. The molecule has 6 amide bonds. The van der Waals surface area contributed by atoms with E-state index in [1.807, 2.05) is 21.1 Å². The smallest absolute Gasteiger partial charge is 0.248 e. The van der Waals surface area contributed by atoms with Crippen LogP contribution in [0.25, 0.3) is 0 Å². The van der Waals surface area contributed by atoms with Gasteiger partial charge in [0.05, 0.1) is 63.9 Å². The van der Waals surface area contributed by atoms with Crippen LogP contribution in [0.2, 0.25) is 0 Å². The van der Waals surface area contributed by atoms with Crippen LogP contribution in [-0.4, -0.2) is 217 Å². The number of phenolic OH excluding ortho intramolecular Hbond substituents is 1. The van der Waals surface area contributed by atoms with Crippen molar-refractivity contribution in [3.8, 4) is 5.75 Å². The van der Waals surface area contributed by atoms with Crippen LogP contribution in [0, 0.1) is 5.92 Å². The number of carbonyl (C=O) groups is 6. The molecule has 0 spiro atoms.